The summed E-state index contributed by atoms with van der Waals surface area (Å²) in [5, 5.41) is 8.57. The number of carbonyl (C=O) groups excluding carboxylic acids is 1. The Morgan fingerprint density at radius 3 is 2.43 bits per heavy atom. The van der Waals surface area contributed by atoms with Gasteiger partial charge in [-0.3, -0.25) is 4.79 Å². The van der Waals surface area contributed by atoms with Gasteiger partial charge >= 0.3 is 5.97 Å². The quantitative estimate of drug-likeness (QED) is 0.589. The highest BCUT2D eigenvalue weighted by atomic mass is 16.5. The fourth-order valence-electron chi connectivity index (χ4n) is 1.81. The van der Waals surface area contributed by atoms with E-state index < -0.39 is 5.97 Å². The minimum atomic E-state index is -0.997. The molecule has 0 aliphatic rings. The molecule has 0 heterocycles. The average molecular weight is 291 g/mol. The lowest BCUT2D eigenvalue weighted by molar-refractivity contribution is -0.131. The Hall–Kier alpha value is -2.14. The summed E-state index contributed by atoms with van der Waals surface area (Å²) >= 11 is 0. The summed E-state index contributed by atoms with van der Waals surface area (Å²) in [5.74, 6) is -1.05. The molecule has 21 heavy (non-hydrogen) atoms. The first-order chi connectivity index (χ1) is 10.1. The largest absolute Gasteiger partial charge is 0.478 e. The molecule has 0 saturated carbocycles. The van der Waals surface area contributed by atoms with Crippen LogP contribution in [0.3, 0.4) is 0 Å². The molecule has 0 bridgehead atoms. The maximum absolute atomic E-state index is 12.3. The highest BCUT2D eigenvalue weighted by Gasteiger charge is 2.13. The summed E-state index contributed by atoms with van der Waals surface area (Å²) in [5.41, 5.74) is 1.33. The van der Waals surface area contributed by atoms with E-state index in [4.69, 9.17) is 9.84 Å². The van der Waals surface area contributed by atoms with Crippen LogP contribution in [-0.2, 0) is 9.53 Å². The predicted molar refractivity (Wildman–Crippen MR) is 81.2 cm³/mol. The number of hydrogen-bond donors (Lipinski definition) is 1. The molecular formula is C16H21NO4. The molecule has 1 aromatic rings. The number of rotatable bonds is 8. The first kappa shape index (κ1) is 16.9. The van der Waals surface area contributed by atoms with Gasteiger partial charge in [-0.25, -0.2) is 4.79 Å². The number of carbonyl (C=O) groups is 2. The molecule has 1 amide bonds. The Labute approximate surface area is 124 Å². The molecule has 5 heteroatoms. The molecule has 1 N–H and O–H groups in total. The van der Waals surface area contributed by atoms with Crippen molar-refractivity contribution in [1.29, 1.82) is 0 Å². The van der Waals surface area contributed by atoms with Crippen molar-refractivity contribution in [3.8, 4) is 0 Å². The molecule has 5 nitrogen and oxygen atoms in total. The lowest BCUT2D eigenvalue weighted by Gasteiger charge is -2.20. The Kier molecular flexibility index (Phi) is 7.18. The number of benzene rings is 1. The zero-order valence-electron chi connectivity index (χ0n) is 12.4. The number of ether oxygens (including phenoxy) is 1. The zero-order chi connectivity index (χ0) is 15.7. The van der Waals surface area contributed by atoms with Gasteiger partial charge in [0.1, 0.15) is 0 Å². The molecule has 0 aromatic heterocycles. The molecule has 0 radical (unpaired) electrons. The summed E-state index contributed by atoms with van der Waals surface area (Å²) in [6, 6.07) is 6.85. The van der Waals surface area contributed by atoms with Gasteiger partial charge in [-0.2, -0.15) is 0 Å². The Bertz CT molecular complexity index is 494. The van der Waals surface area contributed by atoms with Gasteiger partial charge in [0.05, 0.1) is 6.61 Å². The number of amides is 1. The van der Waals surface area contributed by atoms with E-state index in [2.05, 4.69) is 0 Å². The van der Waals surface area contributed by atoms with Gasteiger partial charge < -0.3 is 14.7 Å². The first-order valence-corrected chi connectivity index (χ1v) is 6.96. The van der Waals surface area contributed by atoms with Crippen molar-refractivity contribution in [1.82, 2.24) is 4.90 Å². The summed E-state index contributed by atoms with van der Waals surface area (Å²) in [4.78, 5) is 24.5. The Balaban J connectivity index is 2.70. The van der Waals surface area contributed by atoms with Gasteiger partial charge in [0, 0.05) is 31.3 Å². The van der Waals surface area contributed by atoms with E-state index in [9.17, 15) is 9.59 Å². The van der Waals surface area contributed by atoms with Crippen LogP contribution in [0.25, 0.3) is 6.08 Å². The third kappa shape index (κ3) is 5.79. The topological polar surface area (TPSA) is 66.8 Å². The molecule has 0 aliphatic carbocycles. The average Bonchev–Trinajstić information content (AvgIpc) is 2.49. The standard InChI is InChI=1S/C16H21NO4/c1-3-17(11-12-21-4-2)16(20)14-8-5-13(6-9-14)7-10-15(18)19/h5-10H,3-4,11-12H2,1-2H3,(H,18,19). The van der Waals surface area contributed by atoms with Crippen LogP contribution in [0.5, 0.6) is 0 Å². The third-order valence-corrected chi connectivity index (χ3v) is 2.95. The second kappa shape index (κ2) is 8.92. The molecule has 114 valence electrons. The van der Waals surface area contributed by atoms with E-state index in [-0.39, 0.29) is 5.91 Å². The van der Waals surface area contributed by atoms with Crippen molar-refractivity contribution in [2.75, 3.05) is 26.3 Å². The van der Waals surface area contributed by atoms with E-state index >= 15 is 0 Å². The smallest absolute Gasteiger partial charge is 0.328 e. The van der Waals surface area contributed by atoms with E-state index in [1.165, 1.54) is 6.08 Å². The molecule has 0 fully saturated rings. The maximum Gasteiger partial charge on any atom is 0.328 e. The van der Waals surface area contributed by atoms with E-state index in [0.29, 0.717) is 31.9 Å². The maximum atomic E-state index is 12.3. The Morgan fingerprint density at radius 1 is 1.24 bits per heavy atom. The second-order valence-corrected chi connectivity index (χ2v) is 4.38. The predicted octanol–water partition coefficient (Wildman–Crippen LogP) is 2.28. The molecule has 1 rings (SSSR count). The number of hydrogen-bond acceptors (Lipinski definition) is 3. The summed E-state index contributed by atoms with van der Waals surface area (Å²) in [6.45, 7) is 6.18. The van der Waals surface area contributed by atoms with Gasteiger partial charge in [0.15, 0.2) is 0 Å². The number of nitrogens with zero attached hydrogens (tertiary/aromatic N) is 1. The van der Waals surface area contributed by atoms with Gasteiger partial charge in [0.25, 0.3) is 5.91 Å². The summed E-state index contributed by atoms with van der Waals surface area (Å²) in [6.07, 6.45) is 2.56. The van der Waals surface area contributed by atoms with Crippen LogP contribution >= 0.6 is 0 Å². The van der Waals surface area contributed by atoms with Gasteiger partial charge in [-0.05, 0) is 37.6 Å². The highest BCUT2D eigenvalue weighted by Crippen LogP contribution is 2.09. The lowest BCUT2D eigenvalue weighted by atomic mass is 10.1. The molecule has 0 atom stereocenters. The summed E-state index contributed by atoms with van der Waals surface area (Å²) < 4.78 is 5.27. The minimum absolute atomic E-state index is 0.0500. The molecule has 0 saturated heterocycles. The van der Waals surface area contributed by atoms with Crippen LogP contribution in [0.15, 0.2) is 30.3 Å². The van der Waals surface area contributed by atoms with Crippen molar-refractivity contribution in [2.24, 2.45) is 0 Å². The van der Waals surface area contributed by atoms with Gasteiger partial charge in [-0.15, -0.1) is 0 Å². The van der Waals surface area contributed by atoms with Crippen molar-refractivity contribution in [3.05, 3.63) is 41.5 Å². The van der Waals surface area contributed by atoms with Crippen LogP contribution in [-0.4, -0.2) is 48.2 Å². The number of aliphatic carboxylic acids is 1. The minimum Gasteiger partial charge on any atom is -0.478 e. The fraction of sp³-hybridized carbons (Fsp3) is 0.375. The molecule has 0 aliphatic heterocycles. The molecule has 0 unspecified atom stereocenters. The number of likely N-dealkylation sites (N-methyl/N-ethyl adjacent to an activating group) is 1. The Morgan fingerprint density at radius 2 is 1.90 bits per heavy atom. The summed E-state index contributed by atoms with van der Waals surface area (Å²) in [7, 11) is 0. The number of carboxylic acids is 1. The van der Waals surface area contributed by atoms with E-state index in [1.807, 2.05) is 13.8 Å². The molecule has 1 aromatic carbocycles. The first-order valence-electron chi connectivity index (χ1n) is 6.96. The third-order valence-electron chi connectivity index (χ3n) is 2.95. The monoisotopic (exact) mass is 291 g/mol. The van der Waals surface area contributed by atoms with Crippen molar-refractivity contribution >= 4 is 18.0 Å². The zero-order valence-corrected chi connectivity index (χ0v) is 12.4. The van der Waals surface area contributed by atoms with Crippen molar-refractivity contribution in [3.63, 3.8) is 0 Å². The fourth-order valence-corrected chi connectivity index (χ4v) is 1.81. The van der Waals surface area contributed by atoms with Crippen LogP contribution in [0.4, 0.5) is 0 Å². The normalized spacial score (nSPS) is 10.8. The van der Waals surface area contributed by atoms with E-state index in [1.54, 1.807) is 29.2 Å². The molecule has 0 spiro atoms. The van der Waals surface area contributed by atoms with Crippen LogP contribution in [0.1, 0.15) is 29.8 Å². The number of carboxylic acid groups (broad SMARTS) is 1. The highest BCUT2D eigenvalue weighted by molar-refractivity contribution is 5.94. The van der Waals surface area contributed by atoms with Crippen molar-refractivity contribution < 1.29 is 19.4 Å². The second-order valence-electron chi connectivity index (χ2n) is 4.38. The SMILES string of the molecule is CCOCCN(CC)C(=O)c1ccc(C=CC(=O)O)cc1. The van der Waals surface area contributed by atoms with Gasteiger partial charge in [-0.1, -0.05) is 12.1 Å². The molecular weight excluding hydrogens is 270 g/mol. The van der Waals surface area contributed by atoms with Gasteiger partial charge in [0.2, 0.25) is 0 Å². The van der Waals surface area contributed by atoms with Crippen LogP contribution in [0, 0.1) is 0 Å². The van der Waals surface area contributed by atoms with Crippen LogP contribution in [0.2, 0.25) is 0 Å². The van der Waals surface area contributed by atoms with E-state index in [0.717, 1.165) is 11.6 Å². The van der Waals surface area contributed by atoms with Crippen molar-refractivity contribution in [2.45, 2.75) is 13.8 Å². The lowest BCUT2D eigenvalue weighted by Crippen LogP contribution is -2.33. The van der Waals surface area contributed by atoms with Crippen LogP contribution < -0.4 is 0 Å².